The van der Waals surface area contributed by atoms with E-state index in [0.29, 0.717) is 11.3 Å². The van der Waals surface area contributed by atoms with Gasteiger partial charge in [0.1, 0.15) is 17.2 Å². The molecule has 5 aromatic rings. The Hall–Kier alpha value is -4.66. The first-order valence-corrected chi connectivity index (χ1v) is 10.3. The lowest BCUT2D eigenvalue weighted by atomic mass is 10.2. The first-order valence-electron chi connectivity index (χ1n) is 10.3. The molecule has 0 aliphatic rings. The molecule has 7 nitrogen and oxygen atoms in total. The van der Waals surface area contributed by atoms with E-state index in [4.69, 9.17) is 5.73 Å². The molecule has 2 heterocycles. The van der Waals surface area contributed by atoms with Crippen molar-refractivity contribution < 1.29 is 13.6 Å². The second kappa shape index (κ2) is 8.36. The van der Waals surface area contributed by atoms with E-state index in [0.717, 1.165) is 5.56 Å². The van der Waals surface area contributed by atoms with Gasteiger partial charge in [0.05, 0.1) is 12.2 Å². The third-order valence-electron chi connectivity index (χ3n) is 5.35. The van der Waals surface area contributed by atoms with Crippen LogP contribution in [0, 0.1) is 11.6 Å². The molecule has 0 fully saturated rings. The van der Waals surface area contributed by atoms with Crippen LogP contribution in [0.5, 0.6) is 0 Å². The van der Waals surface area contributed by atoms with Crippen LogP contribution in [0.15, 0.2) is 83.7 Å². The van der Waals surface area contributed by atoms with E-state index in [-0.39, 0.29) is 29.2 Å². The predicted octanol–water partition coefficient (Wildman–Crippen LogP) is 3.67. The molecule has 2 N–H and O–H groups in total. The van der Waals surface area contributed by atoms with Crippen LogP contribution in [0.1, 0.15) is 16.1 Å². The molecule has 0 bridgehead atoms. The number of carbonyl (C=O) groups excluding carboxylic acids is 1. The van der Waals surface area contributed by atoms with Crippen molar-refractivity contribution in [3.05, 3.63) is 112 Å². The summed E-state index contributed by atoms with van der Waals surface area (Å²) in [4.78, 5) is 34.9. The smallest absolute Gasteiger partial charge is 0.335 e. The summed E-state index contributed by atoms with van der Waals surface area (Å²) in [7, 11) is 0. The molecular weight excluding hydrogens is 440 g/mol. The molecule has 168 valence electrons. The number of aromatic nitrogens is 4. The van der Waals surface area contributed by atoms with Crippen LogP contribution in [0.25, 0.3) is 28.2 Å². The number of fused-ring (bicyclic) bond motifs is 1. The maximum absolute atomic E-state index is 13.9. The maximum atomic E-state index is 13.9. The average molecular weight is 457 g/mol. The standard InChI is InChI=1S/C25H17F2N5O2/c26-17-9-11-19(12-10-17)32-24-21(31(25(32)34)14-15-5-2-1-3-6-15)20(22(28)33)29-23(30-24)16-7-4-8-18(27)13-16/h1-13H,14H2,(H2,28,33). The van der Waals surface area contributed by atoms with E-state index < -0.39 is 23.2 Å². The van der Waals surface area contributed by atoms with Gasteiger partial charge < -0.3 is 5.73 Å². The summed E-state index contributed by atoms with van der Waals surface area (Å²) < 4.78 is 30.1. The lowest BCUT2D eigenvalue weighted by molar-refractivity contribution is 0.0997. The van der Waals surface area contributed by atoms with Gasteiger partial charge in [-0.25, -0.2) is 28.1 Å². The van der Waals surface area contributed by atoms with Gasteiger partial charge in [0.2, 0.25) is 0 Å². The summed E-state index contributed by atoms with van der Waals surface area (Å²) in [6, 6.07) is 20.0. The molecule has 2 aromatic heterocycles. The Morgan fingerprint density at radius 2 is 1.62 bits per heavy atom. The number of carbonyl (C=O) groups is 1. The van der Waals surface area contributed by atoms with E-state index in [9.17, 15) is 18.4 Å². The SMILES string of the molecule is NC(=O)c1nc(-c2cccc(F)c2)nc2c1n(Cc1ccccc1)c(=O)n2-c1ccc(F)cc1. The lowest BCUT2D eigenvalue weighted by Gasteiger charge is -2.08. The number of benzene rings is 3. The van der Waals surface area contributed by atoms with Crippen LogP contribution in [0.3, 0.4) is 0 Å². The summed E-state index contributed by atoms with van der Waals surface area (Å²) in [6.07, 6.45) is 0. The number of hydrogen-bond donors (Lipinski definition) is 1. The fraction of sp³-hybridized carbons (Fsp3) is 0.0400. The molecule has 0 aliphatic carbocycles. The maximum Gasteiger partial charge on any atom is 0.335 e. The van der Waals surface area contributed by atoms with Gasteiger partial charge in [-0.2, -0.15) is 0 Å². The Morgan fingerprint density at radius 3 is 2.29 bits per heavy atom. The molecule has 0 saturated heterocycles. The van der Waals surface area contributed by atoms with Gasteiger partial charge in [-0.15, -0.1) is 0 Å². The van der Waals surface area contributed by atoms with Crippen molar-refractivity contribution in [2.24, 2.45) is 5.73 Å². The number of hydrogen-bond acceptors (Lipinski definition) is 4. The molecule has 3 aromatic carbocycles. The van der Waals surface area contributed by atoms with E-state index in [1.165, 1.54) is 51.6 Å². The van der Waals surface area contributed by atoms with Crippen molar-refractivity contribution in [3.63, 3.8) is 0 Å². The monoisotopic (exact) mass is 457 g/mol. The lowest BCUT2D eigenvalue weighted by Crippen LogP contribution is -2.24. The molecule has 0 radical (unpaired) electrons. The summed E-state index contributed by atoms with van der Waals surface area (Å²) >= 11 is 0. The van der Waals surface area contributed by atoms with Crippen LogP contribution in [-0.4, -0.2) is 25.0 Å². The van der Waals surface area contributed by atoms with Crippen molar-refractivity contribution in [2.75, 3.05) is 0 Å². The zero-order chi connectivity index (χ0) is 23.8. The predicted molar refractivity (Wildman–Crippen MR) is 123 cm³/mol. The molecule has 0 atom stereocenters. The van der Waals surface area contributed by atoms with Gasteiger partial charge >= 0.3 is 5.69 Å². The number of halogens is 2. The van der Waals surface area contributed by atoms with Gasteiger partial charge in [-0.3, -0.25) is 9.36 Å². The molecule has 0 aliphatic heterocycles. The molecular formula is C25H17F2N5O2. The molecule has 5 rings (SSSR count). The quantitative estimate of drug-likeness (QED) is 0.436. The number of nitrogens with zero attached hydrogens (tertiary/aromatic N) is 4. The molecule has 0 saturated carbocycles. The minimum Gasteiger partial charge on any atom is -0.364 e. The summed E-state index contributed by atoms with van der Waals surface area (Å²) in [5, 5.41) is 0. The van der Waals surface area contributed by atoms with Gasteiger partial charge in [-0.05, 0) is 42.0 Å². The topological polar surface area (TPSA) is 95.8 Å². The normalized spacial score (nSPS) is 11.1. The number of imidazole rings is 1. The first kappa shape index (κ1) is 21.2. The number of rotatable bonds is 5. The molecule has 0 unspecified atom stereocenters. The summed E-state index contributed by atoms with van der Waals surface area (Å²) in [5.74, 6) is -1.84. The largest absolute Gasteiger partial charge is 0.364 e. The minimum absolute atomic E-state index is 0.0218. The highest BCUT2D eigenvalue weighted by atomic mass is 19.1. The van der Waals surface area contributed by atoms with Crippen molar-refractivity contribution >= 4 is 17.1 Å². The molecule has 1 amide bonds. The van der Waals surface area contributed by atoms with Gasteiger partial charge in [0, 0.05) is 5.56 Å². The van der Waals surface area contributed by atoms with Crippen LogP contribution >= 0.6 is 0 Å². The van der Waals surface area contributed by atoms with Gasteiger partial charge in [-0.1, -0.05) is 42.5 Å². The fourth-order valence-corrected chi connectivity index (χ4v) is 3.82. The zero-order valence-corrected chi connectivity index (χ0v) is 17.7. The van der Waals surface area contributed by atoms with Crippen LogP contribution in [0.2, 0.25) is 0 Å². The highest BCUT2D eigenvalue weighted by Crippen LogP contribution is 2.25. The fourth-order valence-electron chi connectivity index (χ4n) is 3.82. The van der Waals surface area contributed by atoms with Crippen molar-refractivity contribution in [3.8, 4) is 17.1 Å². The van der Waals surface area contributed by atoms with E-state index >= 15 is 0 Å². The number of primary amides is 1. The Morgan fingerprint density at radius 1 is 0.882 bits per heavy atom. The van der Waals surface area contributed by atoms with Crippen LogP contribution in [-0.2, 0) is 6.54 Å². The second-order valence-electron chi connectivity index (χ2n) is 7.61. The van der Waals surface area contributed by atoms with Crippen molar-refractivity contribution in [1.82, 2.24) is 19.1 Å². The first-order chi connectivity index (χ1) is 16.4. The zero-order valence-electron chi connectivity index (χ0n) is 17.7. The minimum atomic E-state index is -0.872. The van der Waals surface area contributed by atoms with E-state index in [1.807, 2.05) is 30.3 Å². The van der Waals surface area contributed by atoms with Crippen molar-refractivity contribution in [1.29, 1.82) is 0 Å². The Bertz CT molecular complexity index is 1590. The molecule has 34 heavy (non-hydrogen) atoms. The molecule has 9 heteroatoms. The average Bonchev–Trinajstić information content (AvgIpc) is 3.11. The Balaban J connectivity index is 1.86. The highest BCUT2D eigenvalue weighted by molar-refractivity contribution is 6.02. The summed E-state index contributed by atoms with van der Waals surface area (Å²) in [5.41, 5.74) is 6.62. The number of amides is 1. The second-order valence-corrected chi connectivity index (χ2v) is 7.61. The highest BCUT2D eigenvalue weighted by Gasteiger charge is 2.24. The van der Waals surface area contributed by atoms with Crippen LogP contribution < -0.4 is 11.4 Å². The van der Waals surface area contributed by atoms with Crippen molar-refractivity contribution in [2.45, 2.75) is 6.54 Å². The molecule has 0 spiro atoms. The number of nitrogens with two attached hydrogens (primary N) is 1. The Labute approximate surface area is 191 Å². The van der Waals surface area contributed by atoms with Gasteiger partial charge in [0.15, 0.2) is 17.2 Å². The third-order valence-corrected chi connectivity index (χ3v) is 5.35. The van der Waals surface area contributed by atoms with E-state index in [1.54, 1.807) is 6.07 Å². The summed E-state index contributed by atoms with van der Waals surface area (Å²) in [6.45, 7) is 0.118. The van der Waals surface area contributed by atoms with Gasteiger partial charge in [0.25, 0.3) is 5.91 Å². The van der Waals surface area contributed by atoms with Crippen LogP contribution in [0.4, 0.5) is 8.78 Å². The van der Waals surface area contributed by atoms with E-state index in [2.05, 4.69) is 9.97 Å². The Kier molecular flexibility index (Phi) is 5.21. The third kappa shape index (κ3) is 3.73.